The molecule has 116 valence electrons. The Morgan fingerprint density at radius 1 is 1.43 bits per heavy atom. The van der Waals surface area contributed by atoms with Crippen molar-refractivity contribution in [3.63, 3.8) is 0 Å². The topological polar surface area (TPSA) is 41.6 Å². The molecule has 5 heteroatoms. The second-order valence-electron chi connectivity index (χ2n) is 5.46. The van der Waals surface area contributed by atoms with Crippen molar-refractivity contribution in [2.45, 2.75) is 31.9 Å². The van der Waals surface area contributed by atoms with Crippen molar-refractivity contribution in [1.82, 2.24) is 10.2 Å². The smallest absolute Gasteiger partial charge is 0.248 e. The Bertz CT molecular complexity index is 475. The van der Waals surface area contributed by atoms with E-state index in [4.69, 9.17) is 16.3 Å². The summed E-state index contributed by atoms with van der Waals surface area (Å²) in [6, 6.07) is 7.55. The minimum Gasteiger partial charge on any atom is -0.368 e. The van der Waals surface area contributed by atoms with Crippen LogP contribution in [0.2, 0.25) is 5.02 Å². The van der Waals surface area contributed by atoms with Crippen LogP contribution >= 0.6 is 11.6 Å². The first-order valence-corrected chi connectivity index (χ1v) is 7.79. The van der Waals surface area contributed by atoms with Gasteiger partial charge in [0.05, 0.1) is 12.1 Å². The molecule has 1 amide bonds. The van der Waals surface area contributed by atoms with Crippen LogP contribution in [-0.4, -0.2) is 43.7 Å². The number of carbonyl (C=O) groups excluding carboxylic acids is 1. The molecule has 0 aliphatic carbocycles. The Morgan fingerprint density at radius 2 is 2.10 bits per heavy atom. The van der Waals surface area contributed by atoms with Crippen molar-refractivity contribution in [2.24, 2.45) is 0 Å². The number of halogens is 1. The van der Waals surface area contributed by atoms with Crippen molar-refractivity contribution in [1.29, 1.82) is 0 Å². The van der Waals surface area contributed by atoms with Crippen LogP contribution in [0.1, 0.15) is 31.4 Å². The van der Waals surface area contributed by atoms with Gasteiger partial charge in [-0.3, -0.25) is 4.79 Å². The predicted molar refractivity (Wildman–Crippen MR) is 84.5 cm³/mol. The van der Waals surface area contributed by atoms with Crippen LogP contribution in [0.4, 0.5) is 0 Å². The highest BCUT2D eigenvalue weighted by molar-refractivity contribution is 6.31. The standard InChI is InChI=1S/C16H23ClN2O2/c1-12(14-5-3-4-6-15(14)17)19(2)16(20)11-21-13-7-9-18-10-8-13/h3-6,12-13,18H,7-11H2,1-2H3. The molecule has 0 saturated carbocycles. The van der Waals surface area contributed by atoms with Gasteiger partial charge in [-0.25, -0.2) is 0 Å². The molecule has 1 heterocycles. The lowest BCUT2D eigenvalue weighted by Crippen LogP contribution is -2.37. The fraction of sp³-hybridized carbons (Fsp3) is 0.562. The first kappa shape index (κ1) is 16.3. The van der Waals surface area contributed by atoms with Crippen LogP contribution in [0.3, 0.4) is 0 Å². The molecule has 1 aliphatic heterocycles. The maximum absolute atomic E-state index is 12.3. The molecule has 21 heavy (non-hydrogen) atoms. The van der Waals surface area contributed by atoms with Crippen LogP contribution in [-0.2, 0) is 9.53 Å². The Kier molecular flexibility index (Phi) is 6.03. The number of ether oxygens (including phenoxy) is 1. The molecule has 1 aromatic rings. The third-order valence-electron chi connectivity index (χ3n) is 4.06. The lowest BCUT2D eigenvalue weighted by atomic mass is 10.1. The normalized spacial score (nSPS) is 17.5. The summed E-state index contributed by atoms with van der Waals surface area (Å²) in [6.07, 6.45) is 2.13. The molecule has 0 radical (unpaired) electrons. The number of benzene rings is 1. The van der Waals surface area contributed by atoms with Gasteiger partial charge in [0.1, 0.15) is 6.61 Å². The maximum atomic E-state index is 12.3. The molecular weight excluding hydrogens is 288 g/mol. The van der Waals surface area contributed by atoms with Gasteiger partial charge in [0.15, 0.2) is 0 Å². The number of piperidine rings is 1. The number of hydrogen-bond acceptors (Lipinski definition) is 3. The SMILES string of the molecule is CC(c1ccccc1Cl)N(C)C(=O)COC1CCNCC1. The zero-order valence-corrected chi connectivity index (χ0v) is 13.4. The van der Waals surface area contributed by atoms with Crippen molar-refractivity contribution < 1.29 is 9.53 Å². The van der Waals surface area contributed by atoms with Crippen molar-refractivity contribution in [3.8, 4) is 0 Å². The Hall–Kier alpha value is -1.10. The summed E-state index contributed by atoms with van der Waals surface area (Å²) >= 11 is 6.19. The molecule has 2 rings (SSSR count). The van der Waals surface area contributed by atoms with Crippen LogP contribution in [0, 0.1) is 0 Å². The molecule has 1 unspecified atom stereocenters. The number of hydrogen-bond donors (Lipinski definition) is 1. The summed E-state index contributed by atoms with van der Waals surface area (Å²) in [5.41, 5.74) is 0.955. The number of carbonyl (C=O) groups is 1. The van der Waals surface area contributed by atoms with E-state index in [9.17, 15) is 4.79 Å². The molecule has 0 aromatic heterocycles. The average Bonchev–Trinajstić information content (AvgIpc) is 2.52. The molecule has 4 nitrogen and oxygen atoms in total. The fourth-order valence-electron chi connectivity index (χ4n) is 2.49. The van der Waals surface area contributed by atoms with E-state index in [-0.39, 0.29) is 24.7 Å². The Labute approximate surface area is 131 Å². The quantitative estimate of drug-likeness (QED) is 0.909. The maximum Gasteiger partial charge on any atom is 0.248 e. The summed E-state index contributed by atoms with van der Waals surface area (Å²) in [6.45, 7) is 4.04. The molecule has 0 bridgehead atoms. The third kappa shape index (κ3) is 4.43. The van der Waals surface area contributed by atoms with Crippen LogP contribution in [0.5, 0.6) is 0 Å². The van der Waals surface area contributed by atoms with Gasteiger partial charge in [-0.05, 0) is 44.5 Å². The van der Waals surface area contributed by atoms with E-state index in [0.29, 0.717) is 5.02 Å². The molecule has 1 aromatic carbocycles. The molecule has 1 atom stereocenters. The van der Waals surface area contributed by atoms with E-state index in [1.54, 1.807) is 11.9 Å². The number of nitrogens with zero attached hydrogens (tertiary/aromatic N) is 1. The van der Waals surface area contributed by atoms with Gasteiger partial charge in [-0.2, -0.15) is 0 Å². The minimum atomic E-state index is -0.0668. The largest absolute Gasteiger partial charge is 0.368 e. The predicted octanol–water partition coefficient (Wildman–Crippen LogP) is 2.63. The van der Waals surface area contributed by atoms with Gasteiger partial charge < -0.3 is 15.0 Å². The van der Waals surface area contributed by atoms with E-state index >= 15 is 0 Å². The molecule has 1 fully saturated rings. The van der Waals surface area contributed by atoms with E-state index in [0.717, 1.165) is 31.5 Å². The average molecular weight is 311 g/mol. The van der Waals surface area contributed by atoms with Crippen molar-refractivity contribution >= 4 is 17.5 Å². The Morgan fingerprint density at radius 3 is 2.76 bits per heavy atom. The van der Waals surface area contributed by atoms with Gasteiger partial charge in [0.25, 0.3) is 0 Å². The van der Waals surface area contributed by atoms with E-state index in [1.807, 2.05) is 31.2 Å². The second kappa shape index (κ2) is 7.78. The highest BCUT2D eigenvalue weighted by Gasteiger charge is 2.21. The van der Waals surface area contributed by atoms with Gasteiger partial charge in [0.2, 0.25) is 5.91 Å². The van der Waals surface area contributed by atoms with E-state index in [1.165, 1.54) is 0 Å². The van der Waals surface area contributed by atoms with Crippen molar-refractivity contribution in [2.75, 3.05) is 26.7 Å². The van der Waals surface area contributed by atoms with Crippen LogP contribution < -0.4 is 5.32 Å². The summed E-state index contributed by atoms with van der Waals surface area (Å²) < 4.78 is 5.72. The minimum absolute atomic E-state index is 0.0130. The Balaban J connectivity index is 1.88. The summed E-state index contributed by atoms with van der Waals surface area (Å²) in [4.78, 5) is 14.0. The lowest BCUT2D eigenvalue weighted by Gasteiger charge is -2.28. The number of likely N-dealkylation sites (N-methyl/N-ethyl adjacent to an activating group) is 1. The van der Waals surface area contributed by atoms with Gasteiger partial charge in [0, 0.05) is 12.1 Å². The molecule has 1 N–H and O–H groups in total. The number of nitrogens with one attached hydrogen (secondary N) is 1. The van der Waals surface area contributed by atoms with Gasteiger partial charge in [-0.15, -0.1) is 0 Å². The highest BCUT2D eigenvalue weighted by atomic mass is 35.5. The number of amides is 1. The first-order valence-electron chi connectivity index (χ1n) is 7.42. The number of rotatable bonds is 5. The molecule has 1 saturated heterocycles. The second-order valence-corrected chi connectivity index (χ2v) is 5.87. The van der Waals surface area contributed by atoms with Gasteiger partial charge >= 0.3 is 0 Å². The highest BCUT2D eigenvalue weighted by Crippen LogP contribution is 2.26. The monoisotopic (exact) mass is 310 g/mol. The summed E-state index contributed by atoms with van der Waals surface area (Å²) in [7, 11) is 1.79. The summed E-state index contributed by atoms with van der Waals surface area (Å²) in [5.74, 6) is -0.0130. The fourth-order valence-corrected chi connectivity index (χ4v) is 2.79. The van der Waals surface area contributed by atoms with Crippen molar-refractivity contribution in [3.05, 3.63) is 34.9 Å². The zero-order chi connectivity index (χ0) is 15.2. The molecular formula is C16H23ClN2O2. The van der Waals surface area contributed by atoms with Crippen LogP contribution in [0.25, 0.3) is 0 Å². The lowest BCUT2D eigenvalue weighted by molar-refractivity contribution is -0.139. The van der Waals surface area contributed by atoms with E-state index in [2.05, 4.69) is 5.32 Å². The van der Waals surface area contributed by atoms with E-state index < -0.39 is 0 Å². The van der Waals surface area contributed by atoms with Gasteiger partial charge in [-0.1, -0.05) is 29.8 Å². The molecule has 1 aliphatic rings. The zero-order valence-electron chi connectivity index (χ0n) is 12.6. The first-order chi connectivity index (χ1) is 10.1. The molecule has 0 spiro atoms. The third-order valence-corrected chi connectivity index (χ3v) is 4.40. The summed E-state index contributed by atoms with van der Waals surface area (Å²) in [5, 5.41) is 3.97. The van der Waals surface area contributed by atoms with Crippen LogP contribution in [0.15, 0.2) is 24.3 Å².